The lowest BCUT2D eigenvalue weighted by atomic mass is 9.94. The number of nitrogens with two attached hydrogens (primary N) is 1. The van der Waals surface area contributed by atoms with Crippen LogP contribution in [0, 0.1) is 16.0 Å². The standard InChI is InChI=1S/C52H79N11O14/c1-33(26-41(64)30-40(48(70)75-31-38-18-11-9-12-19-38)22-15-16-24-55-50(71)76-32-39-20-13-10-14-21-39)56-43(65)27-34(2)57-44(66)28-35(3)58-45(67)29-36(4)59-46(68)37(5)60-47(69)42(61-51(72)77-52(6,7)8)23-17-25-54-49(53)62-63(73)74/h9-14,18-21,33-37,40,42H,15-17,22-32H2,1-8H3,(H,55,71)(H,56,65)(H,57,66)(H,58,67)(H,59,68)(H,60,69)(H,61,72)(H3,53,54,62)/t33-,34-,35+,36+,37-,40+,42-/m0/s1. The lowest BCUT2D eigenvalue weighted by Crippen LogP contribution is -2.54. The summed E-state index contributed by atoms with van der Waals surface area (Å²) >= 11 is 0. The van der Waals surface area contributed by atoms with E-state index in [1.165, 1.54) is 6.92 Å². The van der Waals surface area contributed by atoms with E-state index >= 15 is 0 Å². The van der Waals surface area contributed by atoms with Gasteiger partial charge in [0.15, 0.2) is 5.03 Å². The Balaban J connectivity index is 1.79. The number of nitro groups is 1. The highest BCUT2D eigenvalue weighted by atomic mass is 16.7. The van der Waals surface area contributed by atoms with Crippen LogP contribution in [-0.2, 0) is 61.0 Å². The Morgan fingerprint density at radius 3 is 1.64 bits per heavy atom. The summed E-state index contributed by atoms with van der Waals surface area (Å²) in [4.78, 5) is 130. The smallest absolute Gasteiger partial charge is 0.408 e. The van der Waals surface area contributed by atoms with Crippen LogP contribution in [0.15, 0.2) is 65.7 Å². The maximum absolute atomic E-state index is 13.3. The van der Waals surface area contributed by atoms with E-state index in [0.717, 1.165) is 11.1 Å². The average molecular weight is 1080 g/mol. The van der Waals surface area contributed by atoms with E-state index in [1.54, 1.807) is 53.9 Å². The summed E-state index contributed by atoms with van der Waals surface area (Å²) in [5.41, 5.74) is 7.88. The highest BCUT2D eigenvalue weighted by Crippen LogP contribution is 2.19. The van der Waals surface area contributed by atoms with Gasteiger partial charge in [0.05, 0.1) is 5.92 Å². The number of carbonyl (C=O) groups excluding carboxylic acids is 9. The van der Waals surface area contributed by atoms with Gasteiger partial charge in [-0.1, -0.05) is 72.5 Å². The molecule has 0 unspecified atom stereocenters. The molecular formula is C52H79N11O14. The van der Waals surface area contributed by atoms with Crippen LogP contribution < -0.4 is 48.4 Å². The molecule has 0 spiro atoms. The Labute approximate surface area is 449 Å². The van der Waals surface area contributed by atoms with Gasteiger partial charge in [-0.05, 0) is 92.2 Å². The van der Waals surface area contributed by atoms with Gasteiger partial charge in [-0.3, -0.25) is 33.6 Å². The summed E-state index contributed by atoms with van der Waals surface area (Å²) in [5.74, 6) is -4.70. The number of guanidine groups is 1. The van der Waals surface area contributed by atoms with Crippen molar-refractivity contribution in [2.24, 2.45) is 16.6 Å². The molecule has 25 nitrogen and oxygen atoms in total. The molecule has 0 saturated heterocycles. The quantitative estimate of drug-likeness (QED) is 0.00942. The first kappa shape index (κ1) is 65.3. The predicted molar refractivity (Wildman–Crippen MR) is 283 cm³/mol. The lowest BCUT2D eigenvalue weighted by Gasteiger charge is -2.25. The van der Waals surface area contributed by atoms with E-state index in [1.807, 2.05) is 60.7 Å². The summed E-state index contributed by atoms with van der Waals surface area (Å²) in [7, 11) is 0. The van der Waals surface area contributed by atoms with Crippen molar-refractivity contribution in [3.63, 3.8) is 0 Å². The highest BCUT2D eigenvalue weighted by Gasteiger charge is 2.29. The number of hydrogen-bond acceptors (Lipinski definition) is 15. The molecule has 0 aromatic heterocycles. The molecule has 0 saturated carbocycles. The van der Waals surface area contributed by atoms with Crippen LogP contribution in [0.25, 0.3) is 0 Å². The highest BCUT2D eigenvalue weighted by molar-refractivity contribution is 5.91. The Kier molecular flexibility index (Phi) is 29.4. The topological polar surface area (TPSA) is 359 Å². The normalized spacial score (nSPS) is 14.0. The van der Waals surface area contributed by atoms with Gasteiger partial charge in [0.1, 0.15) is 36.7 Å². The molecule has 0 aliphatic heterocycles. The van der Waals surface area contributed by atoms with Crippen molar-refractivity contribution in [2.45, 2.75) is 175 Å². The van der Waals surface area contributed by atoms with Crippen molar-refractivity contribution < 1.29 is 62.4 Å². The van der Waals surface area contributed by atoms with E-state index in [-0.39, 0.29) is 70.5 Å². The first-order valence-electron chi connectivity index (χ1n) is 25.6. The fourth-order valence-electron chi connectivity index (χ4n) is 7.46. The molecule has 0 bridgehead atoms. The van der Waals surface area contributed by atoms with Crippen LogP contribution in [0.2, 0.25) is 0 Å². The van der Waals surface area contributed by atoms with Crippen molar-refractivity contribution in [2.75, 3.05) is 13.1 Å². The molecule has 0 radical (unpaired) electrons. The summed E-state index contributed by atoms with van der Waals surface area (Å²) in [6.07, 6.45) is -0.526. The first-order chi connectivity index (χ1) is 36.3. The molecule has 2 rings (SSSR count). The van der Waals surface area contributed by atoms with Gasteiger partial charge in [0.25, 0.3) is 5.96 Å². The van der Waals surface area contributed by atoms with Gasteiger partial charge in [0, 0.05) is 69.4 Å². The number of esters is 1. The maximum Gasteiger partial charge on any atom is 0.408 e. The van der Waals surface area contributed by atoms with Crippen molar-refractivity contribution in [3.8, 4) is 0 Å². The zero-order valence-electron chi connectivity index (χ0n) is 45.4. The van der Waals surface area contributed by atoms with Crippen LogP contribution in [0.3, 0.4) is 0 Å². The molecule has 0 fully saturated rings. The molecule has 25 heteroatoms. The minimum absolute atomic E-state index is 0.000424. The number of rotatable bonds is 33. The number of hydrogen-bond donors (Lipinski definition) is 9. The number of hydrazine groups is 1. The SMILES string of the molecule is C[C@H](CC(=O)N[C@@H](C)CC(=O)N[C@@H](C)CC(=O)C[C@@H](CCCCNC(=O)OCc1ccccc1)C(=O)OCc1ccccc1)NC(=O)C[C@@H](C)NC(=O)[C@H](C)NC(=O)[C@H](CCCN=C(N)N[N+](=O)[O-])NC(=O)OC(C)(C)C. The third-order valence-corrected chi connectivity index (χ3v) is 11.0. The zero-order valence-corrected chi connectivity index (χ0v) is 45.4. The number of aliphatic imine (C=N–C) groups is 1. The molecule has 0 aliphatic carbocycles. The van der Waals surface area contributed by atoms with Crippen molar-refractivity contribution in [3.05, 3.63) is 81.9 Å². The Hall–Kier alpha value is -7.86. The van der Waals surface area contributed by atoms with E-state index in [9.17, 15) is 53.3 Å². The third kappa shape index (κ3) is 30.9. The maximum atomic E-state index is 13.3. The van der Waals surface area contributed by atoms with Gasteiger partial charge in [-0.2, -0.15) is 0 Å². The third-order valence-electron chi connectivity index (χ3n) is 11.0. The van der Waals surface area contributed by atoms with Gasteiger partial charge in [0.2, 0.25) is 29.5 Å². The molecule has 426 valence electrons. The summed E-state index contributed by atoms with van der Waals surface area (Å²) in [5, 5.41) is 28.2. The van der Waals surface area contributed by atoms with Crippen LogP contribution in [0.5, 0.6) is 0 Å². The fraction of sp³-hybridized carbons (Fsp3) is 0.577. The molecule has 7 amide bonds. The minimum atomic E-state index is -1.19. The second kappa shape index (κ2) is 34.7. The number of benzene rings is 2. The number of carbonyl (C=O) groups is 9. The number of unbranched alkanes of at least 4 members (excludes halogenated alkanes) is 1. The largest absolute Gasteiger partial charge is 0.461 e. The first-order valence-corrected chi connectivity index (χ1v) is 25.6. The van der Waals surface area contributed by atoms with Gasteiger partial charge in [-0.15, -0.1) is 0 Å². The molecule has 7 atom stereocenters. The minimum Gasteiger partial charge on any atom is -0.461 e. The monoisotopic (exact) mass is 1080 g/mol. The zero-order chi connectivity index (χ0) is 57.5. The molecular weight excluding hydrogens is 1000 g/mol. The lowest BCUT2D eigenvalue weighted by molar-refractivity contribution is -0.525. The van der Waals surface area contributed by atoms with E-state index in [0.29, 0.717) is 25.8 Å². The van der Waals surface area contributed by atoms with Gasteiger partial charge < -0.3 is 57.2 Å². The number of Topliss-reactive ketones (excluding diaryl/α,β-unsaturated/α-hetero) is 1. The Bertz CT molecular complexity index is 2280. The molecule has 2 aromatic carbocycles. The molecule has 0 aliphatic rings. The second-order valence-corrected chi connectivity index (χ2v) is 19.9. The molecule has 2 aromatic rings. The number of nitrogens with zero attached hydrogens (tertiary/aromatic N) is 2. The summed E-state index contributed by atoms with van der Waals surface area (Å²) in [6, 6.07) is 13.5. The van der Waals surface area contributed by atoms with Crippen LogP contribution >= 0.6 is 0 Å². The van der Waals surface area contributed by atoms with E-state index in [4.69, 9.17) is 19.9 Å². The van der Waals surface area contributed by atoms with Crippen molar-refractivity contribution in [1.82, 2.24) is 42.6 Å². The van der Waals surface area contributed by atoms with E-state index < -0.39 is 106 Å². The Morgan fingerprint density at radius 2 is 1.12 bits per heavy atom. The van der Waals surface area contributed by atoms with Crippen LogP contribution in [-0.4, -0.2) is 119 Å². The number of ketones is 1. The van der Waals surface area contributed by atoms with Crippen LogP contribution in [0.1, 0.15) is 131 Å². The fourth-order valence-corrected chi connectivity index (χ4v) is 7.46. The molecule has 77 heavy (non-hydrogen) atoms. The predicted octanol–water partition coefficient (Wildman–Crippen LogP) is 3.26. The number of ether oxygens (including phenoxy) is 3. The molecule has 0 heterocycles. The van der Waals surface area contributed by atoms with Crippen molar-refractivity contribution >= 4 is 59.4 Å². The average Bonchev–Trinajstić information content (AvgIpc) is 3.32. The number of alkyl carbamates (subject to hydrolysis) is 2. The second-order valence-electron chi connectivity index (χ2n) is 19.9. The Morgan fingerprint density at radius 1 is 0.610 bits per heavy atom. The van der Waals surface area contributed by atoms with E-state index in [2.05, 4.69) is 42.2 Å². The van der Waals surface area contributed by atoms with Crippen LogP contribution in [0.4, 0.5) is 9.59 Å². The summed E-state index contributed by atoms with van der Waals surface area (Å²) < 4.78 is 16.1. The van der Waals surface area contributed by atoms with Crippen molar-refractivity contribution in [1.29, 1.82) is 0 Å². The molecule has 10 N–H and O–H groups in total. The number of amides is 7. The van der Waals surface area contributed by atoms with Gasteiger partial charge in [-0.25, -0.2) is 24.7 Å². The number of nitrogens with one attached hydrogen (secondary N) is 8. The summed E-state index contributed by atoms with van der Waals surface area (Å²) in [6.45, 7) is 13.2. The van der Waals surface area contributed by atoms with Gasteiger partial charge >= 0.3 is 18.2 Å².